The number of allylic oxidation sites excluding steroid dienone is 1. The Bertz CT molecular complexity index is 2100. The number of aromatic nitrogens is 2. The lowest BCUT2D eigenvalue weighted by Crippen LogP contribution is -2.71. The van der Waals surface area contributed by atoms with Crippen molar-refractivity contribution in [3.63, 3.8) is 0 Å². The lowest BCUT2D eigenvalue weighted by atomic mass is 10.0. The van der Waals surface area contributed by atoms with Gasteiger partial charge >= 0.3 is 5.97 Å². The summed E-state index contributed by atoms with van der Waals surface area (Å²) in [7, 11) is -1.74. The van der Waals surface area contributed by atoms with Gasteiger partial charge in [-0.2, -0.15) is 0 Å². The van der Waals surface area contributed by atoms with Crippen LogP contribution in [0.25, 0.3) is 0 Å². The van der Waals surface area contributed by atoms with Crippen LogP contribution in [-0.2, 0) is 52.2 Å². The fourth-order valence-corrected chi connectivity index (χ4v) is 7.11. The number of aryl methyl sites for hydroxylation is 1. The minimum atomic E-state index is -4.41. The number of carbonyl (C=O) groups is 3. The van der Waals surface area contributed by atoms with Crippen molar-refractivity contribution >= 4 is 62.1 Å². The number of rotatable bonds is 12. The van der Waals surface area contributed by atoms with Gasteiger partial charge in [0.15, 0.2) is 23.1 Å². The smallest absolute Gasteiger partial charge is 0.356 e. The number of nitrogen functional groups attached to an aromatic ring is 1. The maximum Gasteiger partial charge on any atom is 0.356 e. The fourth-order valence-electron chi connectivity index (χ4n) is 5.22. The van der Waals surface area contributed by atoms with Crippen LogP contribution in [0, 0.1) is 0 Å². The van der Waals surface area contributed by atoms with Gasteiger partial charge in [-0.3, -0.25) is 18.7 Å². The van der Waals surface area contributed by atoms with E-state index >= 15 is 0 Å². The number of esters is 1. The molecule has 1 fully saturated rings. The van der Waals surface area contributed by atoms with Crippen molar-refractivity contribution in [1.82, 2.24) is 15.2 Å². The van der Waals surface area contributed by atoms with Crippen LogP contribution in [0.5, 0.6) is 0 Å². The molecule has 3 N–H and O–H groups in total. The van der Waals surface area contributed by atoms with E-state index in [1.54, 1.807) is 11.5 Å². The number of thioether (sulfide) groups is 1. The maximum atomic E-state index is 13.9. The van der Waals surface area contributed by atoms with E-state index in [1.165, 1.54) is 16.7 Å². The van der Waals surface area contributed by atoms with Crippen molar-refractivity contribution in [2.24, 2.45) is 12.2 Å². The average Bonchev–Trinajstić information content (AvgIpc) is 3.60. The van der Waals surface area contributed by atoms with Crippen molar-refractivity contribution in [2.45, 2.75) is 24.1 Å². The highest BCUT2D eigenvalue weighted by molar-refractivity contribution is 8.00. The molecule has 53 heavy (non-hydrogen) atoms. The molecule has 0 radical (unpaired) electrons. The van der Waals surface area contributed by atoms with Gasteiger partial charge in [0, 0.05) is 23.3 Å². The number of pyridine rings is 1. The van der Waals surface area contributed by atoms with Crippen LogP contribution in [0.2, 0.25) is 0 Å². The first-order valence-corrected chi connectivity index (χ1v) is 19.0. The summed E-state index contributed by atoms with van der Waals surface area (Å²) in [5.41, 5.74) is 8.99. The van der Waals surface area contributed by atoms with Crippen LogP contribution in [0.4, 0.5) is 5.13 Å². The summed E-state index contributed by atoms with van der Waals surface area (Å²) in [6, 6.07) is 23.5. The Morgan fingerprint density at radius 1 is 1.13 bits per heavy atom. The number of hydrogen-bond acceptors (Lipinski definition) is 14. The molecule has 4 heterocycles. The molecule has 276 valence electrons. The first-order valence-electron chi connectivity index (χ1n) is 15.7. The number of thiazole rings is 1. The minimum Gasteiger partial charge on any atom is -0.726 e. The highest BCUT2D eigenvalue weighted by Crippen LogP contribution is 2.42. The Balaban J connectivity index is 0.000000833. The molecular formula is C35H34N6O9S3. The van der Waals surface area contributed by atoms with E-state index in [0.717, 1.165) is 35.3 Å². The Morgan fingerprint density at radius 3 is 2.30 bits per heavy atom. The molecule has 1 unspecified atom stereocenters. The third kappa shape index (κ3) is 9.53. The number of benzene rings is 2. The first kappa shape index (κ1) is 38.8. The zero-order valence-electron chi connectivity index (χ0n) is 28.4. The molecule has 4 aromatic rings. The number of nitrogens with one attached hydrogen (secondary N) is 1. The topological polar surface area (TPSA) is 207 Å². The highest BCUT2D eigenvalue weighted by Gasteiger charge is 2.54. The number of nitrogens with two attached hydrogens (primary N) is 1. The molecule has 0 saturated carbocycles. The van der Waals surface area contributed by atoms with Gasteiger partial charge in [-0.15, -0.1) is 23.1 Å². The van der Waals surface area contributed by atoms with Gasteiger partial charge in [-0.25, -0.2) is 22.8 Å². The third-order valence-electron chi connectivity index (χ3n) is 7.87. The van der Waals surface area contributed by atoms with E-state index in [2.05, 4.69) is 26.2 Å². The van der Waals surface area contributed by atoms with Crippen LogP contribution in [-0.4, -0.2) is 70.6 Å². The van der Waals surface area contributed by atoms with Crippen LogP contribution >= 0.6 is 23.1 Å². The second-order valence-corrected chi connectivity index (χ2v) is 14.4. The van der Waals surface area contributed by atoms with Gasteiger partial charge in [0.05, 0.1) is 7.11 Å². The lowest BCUT2D eigenvalue weighted by Gasteiger charge is -2.49. The van der Waals surface area contributed by atoms with Gasteiger partial charge in [0.2, 0.25) is 22.7 Å². The first-order chi connectivity index (χ1) is 25.4. The quantitative estimate of drug-likeness (QED) is 0.0405. The molecule has 0 spiro atoms. The lowest BCUT2D eigenvalue weighted by molar-refractivity contribution is -0.681. The van der Waals surface area contributed by atoms with E-state index in [4.69, 9.17) is 15.3 Å². The van der Waals surface area contributed by atoms with Gasteiger partial charge in [-0.05, 0) is 22.8 Å². The maximum absolute atomic E-state index is 13.9. The predicted octanol–water partition coefficient (Wildman–Crippen LogP) is 2.74. The minimum absolute atomic E-state index is 0.0932. The molecule has 2 atom stereocenters. The second kappa shape index (κ2) is 17.4. The number of amides is 2. The number of carbonyl (C=O) groups excluding carboxylic acids is 3. The Morgan fingerprint density at radius 2 is 1.75 bits per heavy atom. The molecule has 0 aliphatic carbocycles. The fraction of sp³-hybridized carbons (Fsp3) is 0.200. The Labute approximate surface area is 313 Å². The normalized spacial score (nSPS) is 16.9. The van der Waals surface area contributed by atoms with Gasteiger partial charge in [-0.1, -0.05) is 78.5 Å². The van der Waals surface area contributed by atoms with Crippen molar-refractivity contribution in [3.8, 4) is 0 Å². The summed E-state index contributed by atoms with van der Waals surface area (Å²) in [4.78, 5) is 52.2. The van der Waals surface area contributed by atoms with Crippen molar-refractivity contribution in [1.29, 1.82) is 0 Å². The summed E-state index contributed by atoms with van der Waals surface area (Å²) in [6.45, 7) is 3.96. The second-order valence-electron chi connectivity index (χ2n) is 11.2. The summed E-state index contributed by atoms with van der Waals surface area (Å²) in [5, 5.41) is 8.15. The van der Waals surface area contributed by atoms with Gasteiger partial charge in [0.25, 0.3) is 11.8 Å². The van der Waals surface area contributed by atoms with Gasteiger partial charge in [0.1, 0.15) is 29.9 Å². The predicted molar refractivity (Wildman–Crippen MR) is 195 cm³/mol. The van der Waals surface area contributed by atoms with E-state index in [-0.39, 0.29) is 28.8 Å². The summed E-state index contributed by atoms with van der Waals surface area (Å²) in [6.07, 6.45) is 2.72. The van der Waals surface area contributed by atoms with Crippen molar-refractivity contribution in [2.75, 3.05) is 18.6 Å². The summed E-state index contributed by atoms with van der Waals surface area (Å²) >= 11 is 2.55. The number of β-lactam (4-membered cyclic amide) rings is 1. The molecular weight excluding hydrogens is 745 g/mol. The molecule has 18 heteroatoms. The monoisotopic (exact) mass is 778 g/mol. The third-order valence-corrected chi connectivity index (χ3v) is 10.3. The summed E-state index contributed by atoms with van der Waals surface area (Å²) in [5.74, 6) is -1.41. The van der Waals surface area contributed by atoms with Crippen LogP contribution in [0.15, 0.2) is 120 Å². The van der Waals surface area contributed by atoms with E-state index in [1.807, 2.05) is 96.7 Å². The SMILES string of the molecule is C=CC1=C(C(=O)OC(c2ccccc2)c2ccccc2)N2C(=O)C(NC(=O)C(=NOCc3cccc[n+]3C)c3csc(N)n3)[C@H]2SC1.COS(=O)(=O)[O-]. The van der Waals surface area contributed by atoms with E-state index in [0.29, 0.717) is 11.3 Å². The standard InChI is InChI=1S/C34H30N6O5S2.CH4O4S/c1-3-21-19-46-32-27(37-30(41)26(25-20-47-34(35)36-25)38-44-18-24-16-10-11-17-39(24)2)31(42)40(32)28(21)33(43)45-29(22-12-6-4-7-13-22)23-14-8-5-9-15-23;1-5-6(2,3)4/h3-17,20,27,29,32H,1,18-19H2,2H3,(H2-,35,36,37,41);1H3,(H,2,3,4)/t27?,32-;/m1./s1. The highest BCUT2D eigenvalue weighted by atomic mass is 32.3. The number of hydrogen-bond donors (Lipinski definition) is 2. The van der Waals surface area contributed by atoms with E-state index < -0.39 is 45.7 Å². The average molecular weight is 779 g/mol. The molecule has 2 aliphatic rings. The van der Waals surface area contributed by atoms with Crippen molar-refractivity contribution < 1.29 is 45.7 Å². The molecule has 2 aliphatic heterocycles. The Hall–Kier alpha value is -5.40. The van der Waals surface area contributed by atoms with E-state index in [9.17, 15) is 27.4 Å². The number of ether oxygens (including phenoxy) is 1. The van der Waals surface area contributed by atoms with Crippen LogP contribution in [0.3, 0.4) is 0 Å². The molecule has 1 saturated heterocycles. The number of fused-ring (bicyclic) bond motifs is 1. The number of nitrogens with zero attached hydrogens (tertiary/aromatic N) is 4. The summed E-state index contributed by atoms with van der Waals surface area (Å²) < 4.78 is 39.0. The molecule has 0 bridgehead atoms. The Kier molecular flexibility index (Phi) is 12.8. The molecule has 2 aromatic heterocycles. The molecule has 2 amide bonds. The van der Waals surface area contributed by atoms with Crippen molar-refractivity contribution in [3.05, 3.63) is 137 Å². The zero-order valence-corrected chi connectivity index (χ0v) is 30.8. The van der Waals surface area contributed by atoms with Crippen LogP contribution in [0.1, 0.15) is 28.6 Å². The number of anilines is 1. The zero-order chi connectivity index (χ0) is 38.1. The van der Waals surface area contributed by atoms with Crippen LogP contribution < -0.4 is 15.6 Å². The molecule has 6 rings (SSSR count). The largest absolute Gasteiger partial charge is 0.726 e. The molecule has 2 aromatic carbocycles. The van der Waals surface area contributed by atoms with Gasteiger partial charge < -0.3 is 25.2 Å². The molecule has 15 nitrogen and oxygen atoms in total. The number of oxime groups is 1.